The molecule has 0 aliphatic carbocycles. The molecule has 26 heavy (non-hydrogen) atoms. The summed E-state index contributed by atoms with van der Waals surface area (Å²) in [5, 5.41) is 5.89. The number of thioether (sulfide) groups is 1. The van der Waals surface area contributed by atoms with Crippen molar-refractivity contribution < 1.29 is 19.2 Å². The van der Waals surface area contributed by atoms with Crippen LogP contribution in [0, 0.1) is 0 Å². The lowest BCUT2D eigenvalue weighted by atomic mass is 10.1. The standard InChI is InChI=1S/C16H15N5O4S/c22-13-4-3-11(19-20-13)14(23)18-6-7-21-15(24)12(26-16(21)25)8-10-2-1-5-17-9-10/h1-2,5,8-9H,3-4,6-7H2,(H,18,23)(H,20,22)/b12-8+. The Morgan fingerprint density at radius 3 is 2.88 bits per heavy atom. The van der Waals surface area contributed by atoms with E-state index in [4.69, 9.17) is 0 Å². The van der Waals surface area contributed by atoms with Crippen LogP contribution in [0.25, 0.3) is 6.08 Å². The minimum Gasteiger partial charge on any atom is -0.349 e. The van der Waals surface area contributed by atoms with Crippen LogP contribution in [0.1, 0.15) is 18.4 Å². The first kappa shape index (κ1) is 17.8. The zero-order valence-electron chi connectivity index (χ0n) is 13.6. The summed E-state index contributed by atoms with van der Waals surface area (Å²) in [5.41, 5.74) is 3.18. The predicted octanol–water partition coefficient (Wildman–Crippen LogP) is 0.500. The fourth-order valence-corrected chi connectivity index (χ4v) is 3.19. The highest BCUT2D eigenvalue weighted by Gasteiger charge is 2.34. The first-order chi connectivity index (χ1) is 12.5. The normalized spacial score (nSPS) is 18.8. The second-order valence-corrected chi connectivity index (χ2v) is 6.46. The molecule has 0 unspecified atom stereocenters. The van der Waals surface area contributed by atoms with Gasteiger partial charge in [0.05, 0.1) is 4.91 Å². The number of amides is 4. The molecule has 0 spiro atoms. The monoisotopic (exact) mass is 373 g/mol. The van der Waals surface area contributed by atoms with Crippen molar-refractivity contribution >= 4 is 46.5 Å². The minimum absolute atomic E-state index is 0.0560. The Labute approximate surface area is 152 Å². The number of hydrogen-bond acceptors (Lipinski definition) is 7. The molecule has 2 aliphatic rings. The number of carbonyl (C=O) groups is 4. The van der Waals surface area contributed by atoms with Crippen molar-refractivity contribution in [1.82, 2.24) is 20.6 Å². The maximum Gasteiger partial charge on any atom is 0.293 e. The van der Waals surface area contributed by atoms with Gasteiger partial charge in [0.1, 0.15) is 5.71 Å². The Bertz CT molecular complexity index is 821. The van der Waals surface area contributed by atoms with Crippen LogP contribution in [0.3, 0.4) is 0 Å². The Hall–Kier alpha value is -3.01. The highest BCUT2D eigenvalue weighted by molar-refractivity contribution is 8.18. The smallest absolute Gasteiger partial charge is 0.293 e. The third kappa shape index (κ3) is 4.14. The van der Waals surface area contributed by atoms with E-state index in [1.807, 2.05) is 0 Å². The molecule has 0 bridgehead atoms. The first-order valence-corrected chi connectivity index (χ1v) is 8.65. The van der Waals surface area contributed by atoms with Crippen LogP contribution in [0.2, 0.25) is 0 Å². The maximum absolute atomic E-state index is 12.3. The number of pyridine rings is 1. The Balaban J connectivity index is 1.54. The molecule has 1 fully saturated rings. The molecule has 10 heteroatoms. The Morgan fingerprint density at radius 2 is 2.19 bits per heavy atom. The molecule has 9 nitrogen and oxygen atoms in total. The SMILES string of the molecule is O=C1CCC(C(=O)NCCN2C(=O)S/C(=C/c3cccnc3)C2=O)=NN1. The molecule has 0 saturated carbocycles. The summed E-state index contributed by atoms with van der Waals surface area (Å²) in [6.45, 7) is 0.157. The van der Waals surface area contributed by atoms with E-state index in [0.29, 0.717) is 4.91 Å². The molecular formula is C16H15N5O4S. The van der Waals surface area contributed by atoms with E-state index in [2.05, 4.69) is 20.8 Å². The van der Waals surface area contributed by atoms with Gasteiger partial charge in [-0.2, -0.15) is 5.10 Å². The van der Waals surface area contributed by atoms with Crippen molar-refractivity contribution in [2.24, 2.45) is 5.10 Å². The summed E-state index contributed by atoms with van der Waals surface area (Å²) in [7, 11) is 0. The van der Waals surface area contributed by atoms with E-state index < -0.39 is 11.8 Å². The van der Waals surface area contributed by atoms with E-state index in [9.17, 15) is 19.2 Å². The molecule has 1 aromatic rings. The number of nitrogens with zero attached hydrogens (tertiary/aromatic N) is 3. The number of nitrogens with one attached hydrogen (secondary N) is 2. The van der Waals surface area contributed by atoms with Gasteiger partial charge in [0.25, 0.3) is 17.1 Å². The van der Waals surface area contributed by atoms with Gasteiger partial charge in [-0.25, -0.2) is 5.43 Å². The first-order valence-electron chi connectivity index (χ1n) is 7.83. The largest absolute Gasteiger partial charge is 0.349 e. The highest BCUT2D eigenvalue weighted by atomic mass is 32.2. The lowest BCUT2D eigenvalue weighted by Gasteiger charge is -2.14. The van der Waals surface area contributed by atoms with Gasteiger partial charge in [-0.15, -0.1) is 0 Å². The minimum atomic E-state index is -0.428. The molecule has 1 saturated heterocycles. The Morgan fingerprint density at radius 1 is 1.35 bits per heavy atom. The highest BCUT2D eigenvalue weighted by Crippen LogP contribution is 2.31. The maximum atomic E-state index is 12.3. The van der Waals surface area contributed by atoms with Gasteiger partial charge in [0.2, 0.25) is 5.91 Å². The van der Waals surface area contributed by atoms with Crippen molar-refractivity contribution in [3.63, 3.8) is 0 Å². The second-order valence-electron chi connectivity index (χ2n) is 5.47. The van der Waals surface area contributed by atoms with Gasteiger partial charge in [0.15, 0.2) is 0 Å². The van der Waals surface area contributed by atoms with Crippen LogP contribution >= 0.6 is 11.8 Å². The average Bonchev–Trinajstić information content (AvgIpc) is 2.90. The molecule has 0 atom stereocenters. The fourth-order valence-electron chi connectivity index (χ4n) is 2.33. The van der Waals surface area contributed by atoms with E-state index in [1.165, 1.54) is 0 Å². The molecular weight excluding hydrogens is 358 g/mol. The van der Waals surface area contributed by atoms with Crippen molar-refractivity contribution in [1.29, 1.82) is 0 Å². The third-order valence-electron chi connectivity index (χ3n) is 3.64. The van der Waals surface area contributed by atoms with Crippen LogP contribution in [0.5, 0.6) is 0 Å². The molecule has 2 aliphatic heterocycles. The van der Waals surface area contributed by atoms with E-state index >= 15 is 0 Å². The quantitative estimate of drug-likeness (QED) is 0.725. The summed E-state index contributed by atoms with van der Waals surface area (Å²) in [6, 6.07) is 3.52. The number of imide groups is 1. The van der Waals surface area contributed by atoms with Crippen molar-refractivity contribution in [3.8, 4) is 0 Å². The van der Waals surface area contributed by atoms with Gasteiger partial charge >= 0.3 is 0 Å². The van der Waals surface area contributed by atoms with Crippen LogP contribution in [-0.4, -0.2) is 51.6 Å². The summed E-state index contributed by atoms with van der Waals surface area (Å²) >= 11 is 0.851. The van der Waals surface area contributed by atoms with Crippen molar-refractivity contribution in [2.45, 2.75) is 12.8 Å². The average molecular weight is 373 g/mol. The topological polar surface area (TPSA) is 121 Å². The fraction of sp³-hybridized carbons (Fsp3) is 0.250. The van der Waals surface area contributed by atoms with Crippen LogP contribution in [-0.2, 0) is 14.4 Å². The van der Waals surface area contributed by atoms with E-state index in [-0.39, 0.29) is 42.8 Å². The van der Waals surface area contributed by atoms with Crippen LogP contribution in [0.4, 0.5) is 4.79 Å². The molecule has 4 amide bonds. The van der Waals surface area contributed by atoms with Crippen LogP contribution < -0.4 is 10.7 Å². The zero-order valence-corrected chi connectivity index (χ0v) is 14.4. The number of rotatable bonds is 5. The van der Waals surface area contributed by atoms with E-state index in [1.54, 1.807) is 30.6 Å². The summed E-state index contributed by atoms with van der Waals surface area (Å²) < 4.78 is 0. The van der Waals surface area contributed by atoms with Crippen molar-refractivity contribution in [2.75, 3.05) is 13.1 Å². The van der Waals surface area contributed by atoms with E-state index in [0.717, 1.165) is 22.2 Å². The lowest BCUT2D eigenvalue weighted by molar-refractivity contribution is -0.123. The van der Waals surface area contributed by atoms with Gasteiger partial charge in [-0.05, 0) is 29.5 Å². The molecule has 0 aromatic carbocycles. The molecule has 2 N–H and O–H groups in total. The molecule has 3 heterocycles. The summed E-state index contributed by atoms with van der Waals surface area (Å²) in [6.07, 6.45) is 5.28. The molecule has 1 aromatic heterocycles. The second kappa shape index (κ2) is 7.91. The number of aromatic nitrogens is 1. The predicted molar refractivity (Wildman–Crippen MR) is 94.7 cm³/mol. The van der Waals surface area contributed by atoms with Gasteiger partial charge in [-0.3, -0.25) is 29.1 Å². The summed E-state index contributed by atoms with van der Waals surface area (Å²) in [5.74, 6) is -1.07. The van der Waals surface area contributed by atoms with Crippen molar-refractivity contribution in [3.05, 3.63) is 35.0 Å². The lowest BCUT2D eigenvalue weighted by Crippen LogP contribution is -2.41. The third-order valence-corrected chi connectivity index (χ3v) is 4.55. The molecule has 3 rings (SSSR count). The van der Waals surface area contributed by atoms with Gasteiger partial charge in [0, 0.05) is 38.3 Å². The summed E-state index contributed by atoms with van der Waals surface area (Å²) in [4.78, 5) is 52.7. The van der Waals surface area contributed by atoms with Gasteiger partial charge < -0.3 is 5.32 Å². The Kier molecular flexibility index (Phi) is 5.42. The number of hydrazone groups is 1. The van der Waals surface area contributed by atoms with Gasteiger partial charge in [-0.1, -0.05) is 6.07 Å². The number of hydrogen-bond donors (Lipinski definition) is 2. The molecule has 0 radical (unpaired) electrons. The number of carbonyl (C=O) groups excluding carboxylic acids is 4. The zero-order chi connectivity index (χ0) is 18.5. The van der Waals surface area contributed by atoms with Crippen LogP contribution in [0.15, 0.2) is 34.5 Å². The molecule has 134 valence electrons.